The van der Waals surface area contributed by atoms with Gasteiger partial charge in [-0.15, -0.1) is 5.10 Å². The van der Waals surface area contributed by atoms with Crippen molar-refractivity contribution >= 4 is 11.6 Å². The van der Waals surface area contributed by atoms with Gasteiger partial charge in [-0.1, -0.05) is 59.7 Å². The summed E-state index contributed by atoms with van der Waals surface area (Å²) in [6.45, 7) is 10.2. The van der Waals surface area contributed by atoms with E-state index >= 15 is 0 Å². The lowest BCUT2D eigenvalue weighted by atomic mass is 10.1. The van der Waals surface area contributed by atoms with Gasteiger partial charge in [0.2, 0.25) is 5.82 Å². The fraction of sp³-hybridized carbons (Fsp3) is 0.192. The molecule has 5 heteroatoms. The molecule has 3 aromatic carbocycles. The third-order valence-corrected chi connectivity index (χ3v) is 5.55. The summed E-state index contributed by atoms with van der Waals surface area (Å²) in [7, 11) is 0. The van der Waals surface area contributed by atoms with Crippen molar-refractivity contribution in [1.29, 1.82) is 0 Å². The zero-order valence-corrected chi connectivity index (χ0v) is 18.5. The fourth-order valence-electron chi connectivity index (χ4n) is 3.57. The fourth-order valence-corrected chi connectivity index (χ4v) is 3.57. The van der Waals surface area contributed by atoms with Crippen molar-refractivity contribution in [1.82, 2.24) is 14.8 Å². The van der Waals surface area contributed by atoms with Crippen molar-refractivity contribution < 1.29 is 4.79 Å². The van der Waals surface area contributed by atoms with Gasteiger partial charge in [0.05, 0.1) is 5.69 Å². The number of nitrogens with one attached hydrogen (secondary N) is 1. The molecule has 0 saturated heterocycles. The van der Waals surface area contributed by atoms with Gasteiger partial charge in [-0.25, -0.2) is 9.67 Å². The van der Waals surface area contributed by atoms with Gasteiger partial charge in [0, 0.05) is 11.3 Å². The highest BCUT2D eigenvalue weighted by atomic mass is 16.2. The number of amides is 1. The van der Waals surface area contributed by atoms with E-state index in [0.29, 0.717) is 5.82 Å². The largest absolute Gasteiger partial charge is 0.319 e. The van der Waals surface area contributed by atoms with E-state index in [1.54, 1.807) is 4.68 Å². The van der Waals surface area contributed by atoms with Crippen LogP contribution in [-0.2, 0) is 0 Å². The second-order valence-corrected chi connectivity index (χ2v) is 8.03. The van der Waals surface area contributed by atoms with Gasteiger partial charge < -0.3 is 5.32 Å². The Kier molecular flexibility index (Phi) is 5.42. The summed E-state index contributed by atoms with van der Waals surface area (Å²) in [6, 6.07) is 20.1. The Morgan fingerprint density at radius 1 is 0.839 bits per heavy atom. The molecule has 1 N–H and O–H groups in total. The molecule has 0 fully saturated rings. The average Bonchev–Trinajstić information content (AvgIpc) is 3.17. The summed E-state index contributed by atoms with van der Waals surface area (Å²) < 4.78 is 1.76. The summed E-state index contributed by atoms with van der Waals surface area (Å²) in [6.07, 6.45) is 0. The van der Waals surface area contributed by atoms with Gasteiger partial charge in [0.1, 0.15) is 0 Å². The number of rotatable bonds is 4. The molecular formula is C26H26N4O. The highest BCUT2D eigenvalue weighted by Crippen LogP contribution is 2.25. The Morgan fingerprint density at radius 2 is 1.55 bits per heavy atom. The lowest BCUT2D eigenvalue weighted by Crippen LogP contribution is -2.15. The van der Waals surface area contributed by atoms with E-state index in [0.717, 1.165) is 39.2 Å². The zero-order valence-electron chi connectivity index (χ0n) is 18.5. The molecule has 0 aliphatic rings. The summed E-state index contributed by atoms with van der Waals surface area (Å²) in [5.74, 6) is 0.445. The predicted octanol–water partition coefficient (Wildman–Crippen LogP) is 5.73. The van der Waals surface area contributed by atoms with Crippen LogP contribution in [0.4, 0.5) is 5.69 Å². The van der Waals surface area contributed by atoms with Crippen LogP contribution in [-0.4, -0.2) is 20.7 Å². The van der Waals surface area contributed by atoms with E-state index in [1.807, 2.05) is 82.3 Å². The Bertz CT molecular complexity index is 1270. The monoisotopic (exact) mass is 410 g/mol. The van der Waals surface area contributed by atoms with Gasteiger partial charge in [-0.05, 0) is 63.4 Å². The van der Waals surface area contributed by atoms with Crippen LogP contribution in [0.25, 0.3) is 17.1 Å². The molecule has 0 aliphatic heterocycles. The standard InChI is InChI=1S/C26H26N4O/c1-16-9-12-21(13-10-16)25-28-24(26(31)27-22-8-6-7-18(3)20(22)5)29-30(25)23-14-11-17(2)15-19(23)4/h6-15H,1-5H3,(H,27,31). The van der Waals surface area contributed by atoms with Crippen molar-refractivity contribution in [2.45, 2.75) is 34.6 Å². The first-order valence-corrected chi connectivity index (χ1v) is 10.3. The zero-order chi connectivity index (χ0) is 22.1. The molecule has 0 atom stereocenters. The molecule has 31 heavy (non-hydrogen) atoms. The maximum atomic E-state index is 13.0. The van der Waals surface area contributed by atoms with Crippen molar-refractivity contribution in [3.63, 3.8) is 0 Å². The van der Waals surface area contributed by atoms with E-state index in [9.17, 15) is 4.79 Å². The third-order valence-electron chi connectivity index (χ3n) is 5.55. The minimum atomic E-state index is -0.328. The quantitative estimate of drug-likeness (QED) is 0.467. The van der Waals surface area contributed by atoms with Crippen LogP contribution in [0.3, 0.4) is 0 Å². The van der Waals surface area contributed by atoms with Gasteiger partial charge >= 0.3 is 0 Å². The molecule has 0 radical (unpaired) electrons. The Hall–Kier alpha value is -3.73. The smallest absolute Gasteiger partial charge is 0.295 e. The average molecular weight is 411 g/mol. The first-order chi connectivity index (χ1) is 14.8. The van der Waals surface area contributed by atoms with Crippen LogP contribution >= 0.6 is 0 Å². The summed E-state index contributed by atoms with van der Waals surface area (Å²) in [5, 5.41) is 7.58. The first-order valence-electron chi connectivity index (χ1n) is 10.3. The highest BCUT2D eigenvalue weighted by molar-refractivity contribution is 6.02. The number of anilines is 1. The van der Waals surface area contributed by atoms with Crippen molar-refractivity contribution in [3.8, 4) is 17.1 Å². The number of aryl methyl sites for hydroxylation is 4. The molecule has 0 unspecified atom stereocenters. The van der Waals surface area contributed by atoms with E-state index in [1.165, 1.54) is 5.56 Å². The van der Waals surface area contributed by atoms with Gasteiger partial charge in [-0.2, -0.15) is 0 Å². The van der Waals surface area contributed by atoms with Crippen LogP contribution in [0.1, 0.15) is 38.4 Å². The van der Waals surface area contributed by atoms with Crippen LogP contribution in [0.2, 0.25) is 0 Å². The minimum Gasteiger partial charge on any atom is -0.319 e. The number of carbonyl (C=O) groups excluding carboxylic acids is 1. The van der Waals surface area contributed by atoms with Crippen molar-refractivity contribution in [3.05, 3.63) is 94.3 Å². The summed E-state index contributed by atoms with van der Waals surface area (Å²) in [5.41, 5.74) is 8.13. The van der Waals surface area contributed by atoms with Gasteiger partial charge in [0.25, 0.3) is 5.91 Å². The maximum Gasteiger partial charge on any atom is 0.295 e. The molecule has 4 aromatic rings. The highest BCUT2D eigenvalue weighted by Gasteiger charge is 2.20. The second kappa shape index (κ2) is 8.19. The molecule has 1 aromatic heterocycles. The number of carbonyl (C=O) groups is 1. The second-order valence-electron chi connectivity index (χ2n) is 8.03. The first kappa shape index (κ1) is 20.5. The van der Waals surface area contributed by atoms with Crippen LogP contribution in [0.15, 0.2) is 60.7 Å². The van der Waals surface area contributed by atoms with Crippen molar-refractivity contribution in [2.24, 2.45) is 0 Å². The molecular weight excluding hydrogens is 384 g/mol. The van der Waals surface area contributed by atoms with Crippen molar-refractivity contribution in [2.75, 3.05) is 5.32 Å². The van der Waals surface area contributed by atoms with E-state index in [2.05, 4.69) is 28.4 Å². The molecule has 0 spiro atoms. The minimum absolute atomic E-state index is 0.136. The van der Waals surface area contributed by atoms with Crippen LogP contribution in [0.5, 0.6) is 0 Å². The lowest BCUT2D eigenvalue weighted by Gasteiger charge is -2.10. The lowest BCUT2D eigenvalue weighted by molar-refractivity contribution is 0.101. The van der Waals surface area contributed by atoms with E-state index in [4.69, 9.17) is 0 Å². The number of aromatic nitrogens is 3. The van der Waals surface area contributed by atoms with Gasteiger partial charge in [0.15, 0.2) is 5.82 Å². The Labute approximate surface area is 182 Å². The number of benzene rings is 3. The van der Waals surface area contributed by atoms with E-state index < -0.39 is 0 Å². The normalized spacial score (nSPS) is 10.9. The summed E-state index contributed by atoms with van der Waals surface area (Å²) in [4.78, 5) is 17.7. The summed E-state index contributed by atoms with van der Waals surface area (Å²) >= 11 is 0. The molecule has 5 nitrogen and oxygen atoms in total. The topological polar surface area (TPSA) is 59.8 Å². The maximum absolute atomic E-state index is 13.0. The van der Waals surface area contributed by atoms with Crippen LogP contribution in [0, 0.1) is 34.6 Å². The Morgan fingerprint density at radius 3 is 2.26 bits per heavy atom. The SMILES string of the molecule is Cc1ccc(-c2nc(C(=O)Nc3cccc(C)c3C)nn2-c2ccc(C)cc2C)cc1. The number of nitrogens with zero attached hydrogens (tertiary/aromatic N) is 3. The third kappa shape index (κ3) is 4.12. The molecule has 4 rings (SSSR count). The molecule has 0 bridgehead atoms. The predicted molar refractivity (Wildman–Crippen MR) is 125 cm³/mol. The molecule has 156 valence electrons. The molecule has 0 saturated carbocycles. The molecule has 0 aliphatic carbocycles. The van der Waals surface area contributed by atoms with Gasteiger partial charge in [-0.3, -0.25) is 4.79 Å². The molecule has 1 amide bonds. The number of hydrogen-bond donors (Lipinski definition) is 1. The molecule has 1 heterocycles. The van der Waals surface area contributed by atoms with E-state index in [-0.39, 0.29) is 11.7 Å². The number of hydrogen-bond acceptors (Lipinski definition) is 3. The van der Waals surface area contributed by atoms with Crippen LogP contribution < -0.4 is 5.32 Å². The Balaban J connectivity index is 1.80.